The van der Waals surface area contributed by atoms with Gasteiger partial charge in [-0.3, -0.25) is 4.79 Å². The van der Waals surface area contributed by atoms with Gasteiger partial charge in [-0.05, 0) is 17.7 Å². The molecule has 0 radical (unpaired) electrons. The Kier molecular flexibility index (Phi) is 5.04. The molecule has 0 N–H and O–H groups in total. The molecule has 18 heavy (non-hydrogen) atoms. The van der Waals surface area contributed by atoms with E-state index in [0.717, 1.165) is 0 Å². The van der Waals surface area contributed by atoms with Crippen molar-refractivity contribution in [2.75, 3.05) is 7.11 Å². The summed E-state index contributed by atoms with van der Waals surface area (Å²) in [5.74, 6) is -0.853. The molecule has 1 aromatic carbocycles. The lowest BCUT2D eigenvalue weighted by Gasteiger charge is -2.10. The van der Waals surface area contributed by atoms with Crippen LogP contribution in [-0.2, 0) is 16.0 Å². The van der Waals surface area contributed by atoms with E-state index < -0.39 is 12.6 Å². The second-order valence-corrected chi connectivity index (χ2v) is 4.10. The van der Waals surface area contributed by atoms with Crippen molar-refractivity contribution in [2.45, 2.75) is 13.0 Å². The maximum atomic E-state index is 12.2. The number of esters is 1. The highest BCUT2D eigenvalue weighted by Gasteiger charge is 2.17. The maximum absolute atomic E-state index is 12.2. The van der Waals surface area contributed by atoms with Crippen LogP contribution in [0.15, 0.2) is 16.6 Å². The Hall–Kier alpha value is -1.68. The molecule has 0 fully saturated rings. The topological polar surface area (TPSA) is 59.3 Å². The van der Waals surface area contributed by atoms with Gasteiger partial charge in [-0.15, -0.1) is 0 Å². The first-order valence-electron chi connectivity index (χ1n) is 4.72. The number of hydrogen-bond donors (Lipinski definition) is 0. The minimum atomic E-state index is -3.04. The monoisotopic (exact) mass is 319 g/mol. The van der Waals surface area contributed by atoms with E-state index in [1.165, 1.54) is 19.2 Å². The molecule has 0 amide bonds. The highest BCUT2D eigenvalue weighted by molar-refractivity contribution is 9.10. The average Bonchev–Trinajstić information content (AvgIpc) is 2.27. The summed E-state index contributed by atoms with van der Waals surface area (Å²) in [7, 11) is 1.20. The summed E-state index contributed by atoms with van der Waals surface area (Å²) in [6.45, 7) is -3.04. The van der Waals surface area contributed by atoms with E-state index in [0.29, 0.717) is 4.47 Å². The molecule has 4 nitrogen and oxygen atoms in total. The van der Waals surface area contributed by atoms with E-state index in [4.69, 9.17) is 5.26 Å². The van der Waals surface area contributed by atoms with Crippen molar-refractivity contribution in [2.24, 2.45) is 0 Å². The molecule has 1 aromatic rings. The summed E-state index contributed by atoms with van der Waals surface area (Å²) < 4.78 is 33.5. The van der Waals surface area contributed by atoms with E-state index in [-0.39, 0.29) is 23.3 Å². The Labute approximate surface area is 110 Å². The predicted molar refractivity (Wildman–Crippen MR) is 61.2 cm³/mol. The van der Waals surface area contributed by atoms with Crippen LogP contribution in [0, 0.1) is 11.3 Å². The van der Waals surface area contributed by atoms with Gasteiger partial charge in [0, 0.05) is 4.47 Å². The number of ether oxygens (including phenoxy) is 2. The number of nitrogens with zero attached hydrogens (tertiary/aromatic N) is 1. The van der Waals surface area contributed by atoms with Crippen molar-refractivity contribution in [3.63, 3.8) is 0 Å². The van der Waals surface area contributed by atoms with Crippen LogP contribution in [0.1, 0.15) is 11.1 Å². The lowest BCUT2D eigenvalue weighted by Crippen LogP contribution is -2.09. The first kappa shape index (κ1) is 14.4. The van der Waals surface area contributed by atoms with Crippen molar-refractivity contribution in [3.05, 3.63) is 27.7 Å². The Morgan fingerprint density at radius 3 is 2.72 bits per heavy atom. The Balaban J connectivity index is 3.21. The molecule has 7 heteroatoms. The van der Waals surface area contributed by atoms with Gasteiger partial charge in [-0.1, -0.05) is 15.9 Å². The minimum Gasteiger partial charge on any atom is -0.469 e. The van der Waals surface area contributed by atoms with E-state index in [1.807, 2.05) is 0 Å². The molecule has 96 valence electrons. The van der Waals surface area contributed by atoms with Crippen LogP contribution in [0.25, 0.3) is 0 Å². The number of carbonyl (C=O) groups excluding carboxylic acids is 1. The second kappa shape index (κ2) is 6.31. The highest BCUT2D eigenvalue weighted by Crippen LogP contribution is 2.29. The third kappa shape index (κ3) is 3.67. The normalized spacial score (nSPS) is 10.0. The molecule has 0 atom stereocenters. The molecular weight excluding hydrogens is 312 g/mol. The number of carbonyl (C=O) groups is 1. The van der Waals surface area contributed by atoms with Gasteiger partial charge in [0.05, 0.1) is 19.1 Å². The highest BCUT2D eigenvalue weighted by atomic mass is 79.9. The molecule has 0 aliphatic carbocycles. The number of alkyl halides is 2. The molecular formula is C11H8BrF2NO3. The first-order valence-corrected chi connectivity index (χ1v) is 5.51. The lowest BCUT2D eigenvalue weighted by atomic mass is 10.0. The van der Waals surface area contributed by atoms with Gasteiger partial charge < -0.3 is 9.47 Å². The summed E-state index contributed by atoms with van der Waals surface area (Å²) in [5.41, 5.74) is 0.151. The summed E-state index contributed by atoms with van der Waals surface area (Å²) in [6.07, 6.45) is -0.196. The van der Waals surface area contributed by atoms with Gasteiger partial charge >= 0.3 is 12.6 Å². The average molecular weight is 320 g/mol. The zero-order chi connectivity index (χ0) is 13.7. The molecule has 0 saturated carbocycles. The van der Waals surface area contributed by atoms with E-state index in [9.17, 15) is 13.6 Å². The minimum absolute atomic E-state index is 0.107. The van der Waals surface area contributed by atoms with Gasteiger partial charge in [0.25, 0.3) is 0 Å². The Bertz CT molecular complexity index is 500. The van der Waals surface area contributed by atoms with Crippen LogP contribution in [-0.4, -0.2) is 19.7 Å². The summed E-state index contributed by atoms with van der Waals surface area (Å²) in [4.78, 5) is 11.2. The smallest absolute Gasteiger partial charge is 0.387 e. The standard InChI is InChI=1S/C11H8BrF2NO3/c1-17-10(16)3-6-2-7(12)4-9(8(6)5-15)18-11(13)14/h2,4,11H,3H2,1H3. The van der Waals surface area contributed by atoms with Crippen LogP contribution in [0.4, 0.5) is 8.78 Å². The van der Waals surface area contributed by atoms with Crippen LogP contribution in [0.2, 0.25) is 0 Å². The number of halogens is 3. The largest absolute Gasteiger partial charge is 0.469 e. The van der Waals surface area contributed by atoms with Crippen LogP contribution in [0.5, 0.6) is 5.75 Å². The molecule has 0 aliphatic heterocycles. The van der Waals surface area contributed by atoms with Crippen molar-refractivity contribution in [1.82, 2.24) is 0 Å². The number of rotatable bonds is 4. The quantitative estimate of drug-likeness (QED) is 0.800. The molecule has 0 unspecified atom stereocenters. The van der Waals surface area contributed by atoms with Gasteiger partial charge in [0.15, 0.2) is 0 Å². The van der Waals surface area contributed by atoms with Gasteiger partial charge in [0.1, 0.15) is 11.8 Å². The Morgan fingerprint density at radius 1 is 1.56 bits per heavy atom. The van der Waals surface area contributed by atoms with Gasteiger partial charge in [0.2, 0.25) is 0 Å². The Morgan fingerprint density at radius 2 is 2.22 bits per heavy atom. The number of nitriles is 1. The zero-order valence-corrected chi connectivity index (χ0v) is 10.8. The summed E-state index contributed by atoms with van der Waals surface area (Å²) in [5, 5.41) is 8.95. The second-order valence-electron chi connectivity index (χ2n) is 3.18. The van der Waals surface area contributed by atoms with Gasteiger partial charge in [-0.2, -0.15) is 14.0 Å². The van der Waals surface area contributed by atoms with Crippen molar-refractivity contribution >= 4 is 21.9 Å². The maximum Gasteiger partial charge on any atom is 0.387 e. The van der Waals surface area contributed by atoms with Gasteiger partial charge in [-0.25, -0.2) is 0 Å². The van der Waals surface area contributed by atoms with E-state index >= 15 is 0 Å². The van der Waals surface area contributed by atoms with Crippen LogP contribution >= 0.6 is 15.9 Å². The van der Waals surface area contributed by atoms with Crippen LogP contribution in [0.3, 0.4) is 0 Å². The molecule has 0 spiro atoms. The van der Waals surface area contributed by atoms with Crippen molar-refractivity contribution in [3.8, 4) is 11.8 Å². The van der Waals surface area contributed by atoms with Crippen LogP contribution < -0.4 is 4.74 Å². The molecule has 0 bridgehead atoms. The predicted octanol–water partition coefficient (Wildman–Crippen LogP) is 2.64. The SMILES string of the molecule is COC(=O)Cc1cc(Br)cc(OC(F)F)c1C#N. The third-order valence-corrected chi connectivity index (χ3v) is 2.50. The first-order chi connectivity index (χ1) is 8.47. The van der Waals surface area contributed by atoms with E-state index in [1.54, 1.807) is 6.07 Å². The fourth-order valence-corrected chi connectivity index (χ4v) is 1.80. The summed E-state index contributed by atoms with van der Waals surface area (Å²) in [6, 6.07) is 4.46. The fourth-order valence-electron chi connectivity index (χ4n) is 1.32. The van der Waals surface area contributed by atoms with E-state index in [2.05, 4.69) is 25.4 Å². The molecule has 0 heterocycles. The zero-order valence-electron chi connectivity index (χ0n) is 9.25. The fraction of sp³-hybridized carbons (Fsp3) is 0.273. The summed E-state index contributed by atoms with van der Waals surface area (Å²) >= 11 is 3.09. The molecule has 0 aromatic heterocycles. The molecule has 1 rings (SSSR count). The van der Waals surface area contributed by atoms with Crippen molar-refractivity contribution < 1.29 is 23.0 Å². The number of methoxy groups -OCH3 is 1. The number of benzene rings is 1. The third-order valence-electron chi connectivity index (χ3n) is 2.04. The number of hydrogen-bond acceptors (Lipinski definition) is 4. The molecule has 0 saturated heterocycles. The molecule has 0 aliphatic rings. The van der Waals surface area contributed by atoms with Crippen molar-refractivity contribution in [1.29, 1.82) is 5.26 Å². The lowest BCUT2D eigenvalue weighted by molar-refractivity contribution is -0.139.